The molecule has 5 aliphatic rings. The second-order valence-electron chi connectivity index (χ2n) is 13.5. The van der Waals surface area contributed by atoms with Gasteiger partial charge >= 0.3 is 26.4 Å². The van der Waals surface area contributed by atoms with Crippen molar-refractivity contribution in [2.24, 2.45) is 43.6 Å². The minimum Gasteiger partial charge on any atom is -0.875 e. The Kier molecular flexibility index (Phi) is 12.9. The van der Waals surface area contributed by atoms with E-state index in [4.69, 9.17) is 19.7 Å². The van der Waals surface area contributed by atoms with Gasteiger partial charge in [-0.15, -0.1) is 5.76 Å². The van der Waals surface area contributed by atoms with Crippen LogP contribution >= 0.6 is 0 Å². The molecule has 0 aromatic carbocycles. The Bertz CT molecular complexity index is 2080. The van der Waals surface area contributed by atoms with E-state index in [1.54, 1.807) is 13.0 Å². The number of hydrogen-bond acceptors (Lipinski definition) is 14. The molecule has 5 heterocycles. The molecule has 0 radical (unpaired) electrons. The van der Waals surface area contributed by atoms with E-state index in [9.17, 15) is 37.9 Å². The van der Waals surface area contributed by atoms with Gasteiger partial charge in [-0.05, 0) is 74.0 Å². The molecule has 1 N–H and O–H groups in total. The van der Waals surface area contributed by atoms with E-state index >= 15 is 0 Å². The van der Waals surface area contributed by atoms with E-state index in [2.05, 4.69) is 17.2 Å². The summed E-state index contributed by atoms with van der Waals surface area (Å²) in [7, 11) is -3.46. The fourth-order valence-corrected chi connectivity index (χ4v) is 7.69. The fourth-order valence-electron chi connectivity index (χ4n) is 7.38. The van der Waals surface area contributed by atoms with Gasteiger partial charge < -0.3 is 34.7 Å². The molecular formula is C37H41N5O9PdS-2. The molecule has 4 atom stereocenters. The summed E-state index contributed by atoms with van der Waals surface area (Å²) < 4.78 is 39.0. The largest absolute Gasteiger partial charge is 2.00 e. The van der Waals surface area contributed by atoms with Crippen LogP contribution in [0.25, 0.3) is 0 Å². The predicted octanol–water partition coefficient (Wildman–Crippen LogP) is 1.41. The number of fused-ring (bicyclic) bond motifs is 5. The third kappa shape index (κ3) is 8.62. The molecule has 0 aromatic heterocycles. The Morgan fingerprint density at radius 1 is 0.962 bits per heavy atom. The van der Waals surface area contributed by atoms with E-state index in [0.717, 1.165) is 17.8 Å². The number of ether oxygens (including phenoxy) is 1. The number of nitrogens with zero attached hydrogens (tertiary/aromatic N) is 4. The van der Waals surface area contributed by atoms with Crippen molar-refractivity contribution in [3.05, 3.63) is 80.3 Å². The number of rotatable bonds is 10. The summed E-state index contributed by atoms with van der Waals surface area (Å²) in [5, 5.41) is 42.1. The van der Waals surface area contributed by atoms with Crippen molar-refractivity contribution in [1.82, 2.24) is 5.32 Å². The SMILES string of the molecule is CCC1C2=CC3=NC(=C(CC(=O)OC)C4=NC(=CC5=C(C)/C(=C(\C)[O-])C(=N5)C=C(N2)C1C)C(C)C4CCC(=O)[O-])C(C([O-])=NCCS(=O)(=O)[O-])=C3C.[Pd+2]. The smallest absolute Gasteiger partial charge is 0.875 e. The van der Waals surface area contributed by atoms with Gasteiger partial charge in [0.15, 0.2) is 0 Å². The van der Waals surface area contributed by atoms with Gasteiger partial charge in [-0.2, -0.15) is 0 Å². The number of methoxy groups -OCH3 is 1. The third-order valence-electron chi connectivity index (χ3n) is 10.2. The standard InChI is InChI=1S/C37H45N5O9S.Pd/c1-8-22-17(2)25-16-30-33(21(6)43)19(4)27(40-30)14-26-18(3)23(9-10-31(44)45)35(41-26)24(13-32(46)51-7)36-34(37(47)38-11-12-52(48,49)50)20(5)28(42-36)15-29(22)39-25;/h14-18,22-23,39,43H,8-13H2,1-7H3,(H,38,47)(H,44,45)(H,48,49,50);/q;+2/p-4/b25-16?,26-14?,29-15?,33-21-,36-24?;. The molecule has 0 aromatic rings. The minimum atomic E-state index is -4.67. The van der Waals surface area contributed by atoms with E-state index in [1.165, 1.54) is 14.0 Å². The summed E-state index contributed by atoms with van der Waals surface area (Å²) >= 11 is 0. The van der Waals surface area contributed by atoms with E-state index in [0.29, 0.717) is 45.2 Å². The molecule has 53 heavy (non-hydrogen) atoms. The van der Waals surface area contributed by atoms with Crippen LogP contribution in [0.3, 0.4) is 0 Å². The van der Waals surface area contributed by atoms with Crippen LogP contribution in [0, 0.1) is 23.7 Å². The molecule has 286 valence electrons. The molecule has 1 saturated heterocycles. The summed E-state index contributed by atoms with van der Waals surface area (Å²) in [6, 6.07) is 0. The summed E-state index contributed by atoms with van der Waals surface area (Å²) in [6.07, 6.45) is 5.50. The Morgan fingerprint density at radius 2 is 1.64 bits per heavy atom. The summed E-state index contributed by atoms with van der Waals surface area (Å²) in [5.74, 6) is -4.88. The zero-order valence-corrected chi connectivity index (χ0v) is 32.8. The maximum absolute atomic E-state index is 13.8. The molecule has 0 aliphatic carbocycles. The fraction of sp³-hybridized carbons (Fsp3) is 0.459. The summed E-state index contributed by atoms with van der Waals surface area (Å²) in [5.41, 5.74) is 5.57. The van der Waals surface area contributed by atoms with Crippen LogP contribution in [0.5, 0.6) is 0 Å². The maximum Gasteiger partial charge on any atom is 2.00 e. The molecule has 0 spiro atoms. The van der Waals surface area contributed by atoms with E-state index in [-0.39, 0.29) is 67.7 Å². The Hall–Kier alpha value is -4.23. The molecule has 5 aliphatic heterocycles. The zero-order valence-electron chi connectivity index (χ0n) is 30.5. The van der Waals surface area contributed by atoms with Crippen molar-refractivity contribution < 1.29 is 63.0 Å². The van der Waals surface area contributed by atoms with Gasteiger partial charge in [-0.3, -0.25) is 14.8 Å². The van der Waals surface area contributed by atoms with Crippen LogP contribution in [-0.4, -0.2) is 67.3 Å². The number of aliphatic imine (C=N–C) groups is 4. The van der Waals surface area contributed by atoms with Crippen molar-refractivity contribution in [2.75, 3.05) is 19.4 Å². The second kappa shape index (κ2) is 16.4. The minimum absolute atomic E-state index is 0. The third-order valence-corrected chi connectivity index (χ3v) is 10.9. The average Bonchev–Trinajstić information content (AvgIpc) is 3.74. The monoisotopic (exact) mass is 837 g/mol. The quantitative estimate of drug-likeness (QED) is 0.0830. The molecule has 5 rings (SSSR count). The van der Waals surface area contributed by atoms with Gasteiger partial charge in [-0.25, -0.2) is 18.4 Å². The van der Waals surface area contributed by atoms with Crippen LogP contribution in [-0.2, 0) is 44.9 Å². The Morgan fingerprint density at radius 3 is 2.25 bits per heavy atom. The summed E-state index contributed by atoms with van der Waals surface area (Å²) in [4.78, 5) is 43.4. The predicted molar refractivity (Wildman–Crippen MR) is 188 cm³/mol. The van der Waals surface area contributed by atoms with Crippen LogP contribution in [0.1, 0.15) is 67.2 Å². The van der Waals surface area contributed by atoms with Gasteiger partial charge in [0, 0.05) is 57.9 Å². The van der Waals surface area contributed by atoms with Crippen molar-refractivity contribution in [2.45, 2.75) is 67.2 Å². The van der Waals surface area contributed by atoms with Gasteiger partial charge in [-0.1, -0.05) is 27.7 Å². The van der Waals surface area contributed by atoms with Crippen molar-refractivity contribution in [1.29, 1.82) is 0 Å². The Labute approximate surface area is 322 Å². The van der Waals surface area contributed by atoms with Crippen molar-refractivity contribution in [3.8, 4) is 0 Å². The van der Waals surface area contributed by atoms with E-state index in [1.807, 2.05) is 32.9 Å². The number of carbonyl (C=O) groups excluding carboxylic acids is 2. The van der Waals surface area contributed by atoms with Crippen LogP contribution < -0.4 is 20.6 Å². The summed E-state index contributed by atoms with van der Waals surface area (Å²) in [6.45, 7) is 10.3. The number of carboxylic acids is 1. The molecule has 8 bridgehead atoms. The van der Waals surface area contributed by atoms with Crippen LogP contribution in [0.2, 0.25) is 0 Å². The first-order valence-electron chi connectivity index (χ1n) is 17.1. The number of esters is 1. The molecule has 16 heteroatoms. The number of hydrogen-bond donors (Lipinski definition) is 1. The van der Waals surface area contributed by atoms with Crippen molar-refractivity contribution in [3.63, 3.8) is 0 Å². The first-order valence-corrected chi connectivity index (χ1v) is 18.7. The molecule has 0 amide bonds. The first-order chi connectivity index (χ1) is 24.4. The number of allylic oxidation sites excluding steroid dienone is 10. The Balaban J connectivity index is 0.00000627. The van der Waals surface area contributed by atoms with Gasteiger partial charge in [0.25, 0.3) is 0 Å². The van der Waals surface area contributed by atoms with Gasteiger partial charge in [0.05, 0.1) is 64.5 Å². The van der Waals surface area contributed by atoms with Gasteiger partial charge in [0.2, 0.25) is 0 Å². The molecule has 1 fully saturated rings. The van der Waals surface area contributed by atoms with Crippen LogP contribution in [0.15, 0.2) is 100 Å². The number of carbonyl (C=O) groups is 2. The molecular weight excluding hydrogens is 797 g/mol. The first kappa shape index (κ1) is 41.5. The molecule has 4 unspecified atom stereocenters. The van der Waals surface area contributed by atoms with E-state index < -0.39 is 58.5 Å². The normalized spacial score (nSPS) is 25.2. The van der Waals surface area contributed by atoms with Crippen molar-refractivity contribution >= 4 is 45.1 Å². The van der Waals surface area contributed by atoms with Gasteiger partial charge in [0.1, 0.15) is 0 Å². The molecule has 0 saturated carbocycles. The number of nitrogens with one attached hydrogen (secondary N) is 1. The molecule has 14 nitrogen and oxygen atoms in total. The second-order valence-corrected chi connectivity index (χ2v) is 15.0. The van der Waals surface area contributed by atoms with Crippen LogP contribution in [0.4, 0.5) is 0 Å². The average molecular weight is 838 g/mol. The number of aliphatic carboxylic acids is 1. The maximum atomic E-state index is 13.8. The topological polar surface area (TPSA) is 231 Å². The zero-order chi connectivity index (χ0) is 38.2. The number of carboxylic acid groups (broad SMARTS) is 1.